The highest BCUT2D eigenvalue weighted by Crippen LogP contribution is 2.38. The molecular formula is C23H27ClN2O4. The van der Waals surface area contributed by atoms with Gasteiger partial charge in [0.25, 0.3) is 5.91 Å². The number of carbonyl (C=O) groups is 1. The van der Waals surface area contributed by atoms with Gasteiger partial charge in [0.05, 0.1) is 18.2 Å². The van der Waals surface area contributed by atoms with Crippen LogP contribution in [0, 0.1) is 0 Å². The topological polar surface area (TPSA) is 60.0 Å². The summed E-state index contributed by atoms with van der Waals surface area (Å²) in [5.41, 5.74) is 1.63. The Balaban J connectivity index is 1.50. The standard InChI is InChI=1S/C23H27ClN2O4/c1-28-18-7-5-16(6-8-18)20(26-9-3-2-4-10-26)15-25-23(27)17-13-19(24)22-21(14-17)29-11-12-30-22/h5-8,13-14,20H,2-4,9-12,15H2,1H3,(H,25,27)/t20-/m1/s1. The van der Waals surface area contributed by atoms with E-state index >= 15 is 0 Å². The lowest BCUT2D eigenvalue weighted by Gasteiger charge is -2.35. The van der Waals surface area contributed by atoms with E-state index in [2.05, 4.69) is 22.3 Å². The first-order valence-corrected chi connectivity index (χ1v) is 10.8. The maximum absolute atomic E-state index is 12.9. The number of rotatable bonds is 6. The van der Waals surface area contributed by atoms with Crippen molar-refractivity contribution in [3.05, 3.63) is 52.5 Å². The Hall–Kier alpha value is -2.44. The molecule has 0 radical (unpaired) electrons. The van der Waals surface area contributed by atoms with Crippen molar-refractivity contribution in [3.8, 4) is 17.2 Å². The highest BCUT2D eigenvalue weighted by molar-refractivity contribution is 6.32. The van der Waals surface area contributed by atoms with Crippen molar-refractivity contribution < 1.29 is 19.0 Å². The van der Waals surface area contributed by atoms with Gasteiger partial charge in [-0.3, -0.25) is 9.69 Å². The molecule has 2 aromatic rings. The molecule has 2 aromatic carbocycles. The summed E-state index contributed by atoms with van der Waals surface area (Å²) in [6, 6.07) is 11.5. The van der Waals surface area contributed by atoms with E-state index in [1.54, 1.807) is 19.2 Å². The van der Waals surface area contributed by atoms with Crippen molar-refractivity contribution in [2.24, 2.45) is 0 Å². The summed E-state index contributed by atoms with van der Waals surface area (Å²) in [6.45, 7) is 3.47. The van der Waals surface area contributed by atoms with E-state index in [9.17, 15) is 4.79 Å². The fourth-order valence-corrected chi connectivity index (χ4v) is 4.31. The van der Waals surface area contributed by atoms with Crippen molar-refractivity contribution in [3.63, 3.8) is 0 Å². The molecule has 4 rings (SSSR count). The number of hydrogen-bond acceptors (Lipinski definition) is 5. The molecule has 30 heavy (non-hydrogen) atoms. The first-order chi connectivity index (χ1) is 14.7. The van der Waals surface area contributed by atoms with Gasteiger partial charge in [0.2, 0.25) is 0 Å². The smallest absolute Gasteiger partial charge is 0.251 e. The molecule has 0 aromatic heterocycles. The van der Waals surface area contributed by atoms with Crippen LogP contribution in [0.5, 0.6) is 17.2 Å². The summed E-state index contributed by atoms with van der Waals surface area (Å²) >= 11 is 6.30. The third kappa shape index (κ3) is 4.65. The summed E-state index contributed by atoms with van der Waals surface area (Å²) in [6.07, 6.45) is 3.62. The molecule has 1 saturated heterocycles. The minimum atomic E-state index is -0.176. The summed E-state index contributed by atoms with van der Waals surface area (Å²) in [4.78, 5) is 15.3. The predicted molar refractivity (Wildman–Crippen MR) is 116 cm³/mol. The average molecular weight is 431 g/mol. The molecule has 0 saturated carbocycles. The van der Waals surface area contributed by atoms with E-state index in [4.69, 9.17) is 25.8 Å². The van der Waals surface area contributed by atoms with E-state index < -0.39 is 0 Å². The van der Waals surface area contributed by atoms with Crippen molar-refractivity contribution in [2.45, 2.75) is 25.3 Å². The maximum atomic E-state index is 12.9. The predicted octanol–water partition coefficient (Wildman–Crippen LogP) is 4.08. The number of ether oxygens (including phenoxy) is 3. The van der Waals surface area contributed by atoms with Gasteiger partial charge in [0.1, 0.15) is 19.0 Å². The fourth-order valence-electron chi connectivity index (χ4n) is 4.05. The van der Waals surface area contributed by atoms with E-state index in [0.29, 0.717) is 41.8 Å². The number of nitrogens with zero attached hydrogens (tertiary/aromatic N) is 1. The number of methoxy groups -OCH3 is 1. The zero-order chi connectivity index (χ0) is 20.9. The SMILES string of the molecule is COc1ccc([C@@H](CNC(=O)c2cc(Cl)c3c(c2)OCCO3)N2CCCCC2)cc1. The number of fused-ring (bicyclic) bond motifs is 1. The van der Waals surface area contributed by atoms with Crippen LogP contribution in [0.1, 0.15) is 41.2 Å². The summed E-state index contributed by atoms with van der Waals surface area (Å²) in [5, 5.41) is 3.48. The molecule has 0 unspecified atom stereocenters. The van der Waals surface area contributed by atoms with E-state index in [1.165, 1.54) is 24.8 Å². The van der Waals surface area contributed by atoms with E-state index in [-0.39, 0.29) is 11.9 Å². The Labute approximate surface area is 182 Å². The lowest BCUT2D eigenvalue weighted by atomic mass is 10.0. The Kier molecular flexibility index (Phi) is 6.65. The van der Waals surface area contributed by atoms with Crippen molar-refractivity contribution in [1.29, 1.82) is 0 Å². The summed E-state index contributed by atoms with van der Waals surface area (Å²) in [5.74, 6) is 1.67. The van der Waals surface area contributed by atoms with Crippen LogP contribution in [0.4, 0.5) is 0 Å². The lowest BCUT2D eigenvalue weighted by molar-refractivity contribution is 0.0923. The molecule has 1 atom stereocenters. The molecule has 2 aliphatic rings. The molecule has 1 fully saturated rings. The minimum Gasteiger partial charge on any atom is -0.497 e. The van der Waals surface area contributed by atoms with Crippen LogP contribution in [0.15, 0.2) is 36.4 Å². The van der Waals surface area contributed by atoms with Crippen LogP contribution in [-0.4, -0.2) is 50.8 Å². The molecule has 160 valence electrons. The van der Waals surface area contributed by atoms with Crippen LogP contribution in [0.2, 0.25) is 5.02 Å². The summed E-state index contributed by atoms with van der Waals surface area (Å²) < 4.78 is 16.4. The average Bonchev–Trinajstić information content (AvgIpc) is 2.80. The molecule has 7 heteroatoms. The number of benzene rings is 2. The quantitative estimate of drug-likeness (QED) is 0.748. The molecule has 1 amide bonds. The van der Waals surface area contributed by atoms with Crippen molar-refractivity contribution in [2.75, 3.05) is 40.0 Å². The molecule has 0 spiro atoms. The zero-order valence-electron chi connectivity index (χ0n) is 17.2. The van der Waals surface area contributed by atoms with Crippen LogP contribution >= 0.6 is 11.6 Å². The van der Waals surface area contributed by atoms with Gasteiger partial charge in [-0.1, -0.05) is 30.2 Å². The van der Waals surface area contributed by atoms with Crippen LogP contribution in [-0.2, 0) is 0 Å². The number of halogens is 1. The molecule has 6 nitrogen and oxygen atoms in total. The third-order valence-electron chi connectivity index (χ3n) is 5.65. The third-order valence-corrected chi connectivity index (χ3v) is 5.93. The first kappa shape index (κ1) is 20.8. The van der Waals surface area contributed by atoms with E-state index in [1.807, 2.05) is 12.1 Å². The number of hydrogen-bond donors (Lipinski definition) is 1. The Bertz CT molecular complexity index is 882. The molecular weight excluding hydrogens is 404 g/mol. The van der Waals surface area contributed by atoms with Crippen LogP contribution in [0.3, 0.4) is 0 Å². The highest BCUT2D eigenvalue weighted by Gasteiger charge is 2.24. The second-order valence-electron chi connectivity index (χ2n) is 7.58. The number of piperidine rings is 1. The number of likely N-dealkylation sites (tertiary alicyclic amines) is 1. The van der Waals surface area contributed by atoms with Gasteiger partial charge in [-0.25, -0.2) is 0 Å². The molecule has 2 aliphatic heterocycles. The van der Waals surface area contributed by atoms with Gasteiger partial charge in [0.15, 0.2) is 11.5 Å². The largest absolute Gasteiger partial charge is 0.497 e. The highest BCUT2D eigenvalue weighted by atomic mass is 35.5. The van der Waals surface area contributed by atoms with Crippen molar-refractivity contribution >= 4 is 17.5 Å². The van der Waals surface area contributed by atoms with Gasteiger partial charge in [-0.05, 0) is 55.8 Å². The minimum absolute atomic E-state index is 0.104. The number of amides is 1. The van der Waals surface area contributed by atoms with Gasteiger partial charge in [-0.15, -0.1) is 0 Å². The van der Waals surface area contributed by atoms with Gasteiger partial charge < -0.3 is 19.5 Å². The van der Waals surface area contributed by atoms with Crippen molar-refractivity contribution in [1.82, 2.24) is 10.2 Å². The second-order valence-corrected chi connectivity index (χ2v) is 7.99. The fraction of sp³-hybridized carbons (Fsp3) is 0.435. The van der Waals surface area contributed by atoms with E-state index in [0.717, 1.165) is 18.8 Å². The van der Waals surface area contributed by atoms with Gasteiger partial charge in [0, 0.05) is 12.1 Å². The Morgan fingerprint density at radius 2 is 1.87 bits per heavy atom. The molecule has 1 N–H and O–H groups in total. The number of nitrogens with one attached hydrogen (secondary N) is 1. The Morgan fingerprint density at radius 3 is 2.60 bits per heavy atom. The van der Waals surface area contributed by atoms with Gasteiger partial charge in [-0.2, -0.15) is 0 Å². The van der Waals surface area contributed by atoms with Gasteiger partial charge >= 0.3 is 0 Å². The Morgan fingerprint density at radius 1 is 1.13 bits per heavy atom. The van der Waals surface area contributed by atoms with Crippen LogP contribution in [0.25, 0.3) is 0 Å². The lowest BCUT2D eigenvalue weighted by Crippen LogP contribution is -2.40. The normalized spacial score (nSPS) is 17.3. The first-order valence-electron chi connectivity index (χ1n) is 10.4. The zero-order valence-corrected chi connectivity index (χ0v) is 17.9. The second kappa shape index (κ2) is 9.58. The summed E-state index contributed by atoms with van der Waals surface area (Å²) in [7, 11) is 1.66. The molecule has 0 bridgehead atoms. The molecule has 0 aliphatic carbocycles. The maximum Gasteiger partial charge on any atom is 0.251 e. The molecule has 2 heterocycles. The monoisotopic (exact) mass is 430 g/mol. The number of carbonyl (C=O) groups excluding carboxylic acids is 1. The van der Waals surface area contributed by atoms with Crippen LogP contribution < -0.4 is 19.5 Å².